The van der Waals surface area contributed by atoms with Crippen LogP contribution in [0.25, 0.3) is 22.1 Å². The highest BCUT2D eigenvalue weighted by molar-refractivity contribution is 6.04. The highest BCUT2D eigenvalue weighted by Crippen LogP contribution is 2.24. The van der Waals surface area contributed by atoms with Crippen LogP contribution in [0.4, 0.5) is 5.82 Å². The fourth-order valence-electron chi connectivity index (χ4n) is 5.59. The summed E-state index contributed by atoms with van der Waals surface area (Å²) in [5, 5.41) is 12.9. The number of anilines is 1. The van der Waals surface area contributed by atoms with Crippen LogP contribution in [0.2, 0.25) is 0 Å². The largest absolute Gasteiger partial charge is 0.381 e. The minimum absolute atomic E-state index is 0.0695. The molecule has 46 heavy (non-hydrogen) atoms. The summed E-state index contributed by atoms with van der Waals surface area (Å²) in [7, 11) is 0. The second-order valence-corrected chi connectivity index (χ2v) is 10.9. The van der Waals surface area contributed by atoms with E-state index in [9.17, 15) is 9.59 Å². The first-order chi connectivity index (χ1) is 22.4. The molecular formula is C35H35N9O2. The molecule has 11 heteroatoms. The van der Waals surface area contributed by atoms with Crippen LogP contribution in [-0.2, 0) is 6.54 Å². The van der Waals surface area contributed by atoms with Crippen molar-refractivity contribution in [2.24, 2.45) is 0 Å². The Bertz CT molecular complexity index is 2150. The number of nitrogen functional groups attached to an aromatic ring is 1. The highest BCUT2D eigenvalue weighted by Gasteiger charge is 2.24. The van der Waals surface area contributed by atoms with Crippen LogP contribution in [0.5, 0.6) is 0 Å². The number of para-hydroxylation sites is 1. The molecule has 0 radical (unpaired) electrons. The van der Waals surface area contributed by atoms with E-state index >= 15 is 0 Å². The van der Waals surface area contributed by atoms with Crippen molar-refractivity contribution in [3.63, 3.8) is 0 Å². The Morgan fingerprint density at radius 3 is 2.65 bits per heavy atom. The lowest BCUT2D eigenvalue weighted by atomic mass is 10.0. The first-order valence-corrected chi connectivity index (χ1v) is 15.3. The molecule has 0 bridgehead atoms. The van der Waals surface area contributed by atoms with Crippen LogP contribution < -0.4 is 16.6 Å². The number of amides is 1. The summed E-state index contributed by atoms with van der Waals surface area (Å²) in [5.41, 5.74) is 9.04. The minimum Gasteiger partial charge on any atom is -0.381 e. The Morgan fingerprint density at radius 2 is 1.87 bits per heavy atom. The Balaban J connectivity index is 1.37. The molecule has 0 saturated heterocycles. The van der Waals surface area contributed by atoms with Gasteiger partial charge in [-0.2, -0.15) is 5.10 Å². The second kappa shape index (κ2) is 13.1. The van der Waals surface area contributed by atoms with Gasteiger partial charge < -0.3 is 16.0 Å². The SMILES string of the molecule is CCN(CC)CCn1cc(C#Cc2cccc3cc(C(C)NC(=O)c4c(N)nn5cccnc45)n(-c4ccccc4)c(=O)c23)cn1. The molecule has 1 unspecified atom stereocenters. The number of rotatable bonds is 9. The molecule has 11 nitrogen and oxygen atoms in total. The van der Waals surface area contributed by atoms with Crippen LogP contribution >= 0.6 is 0 Å². The lowest BCUT2D eigenvalue weighted by Gasteiger charge is -2.21. The summed E-state index contributed by atoms with van der Waals surface area (Å²) in [4.78, 5) is 34.5. The molecule has 232 valence electrons. The molecule has 6 rings (SSSR count). The van der Waals surface area contributed by atoms with E-state index in [-0.39, 0.29) is 16.9 Å². The minimum atomic E-state index is -0.584. The summed E-state index contributed by atoms with van der Waals surface area (Å²) < 4.78 is 4.98. The first kappa shape index (κ1) is 30.3. The number of nitrogens with two attached hydrogens (primary N) is 1. The zero-order valence-corrected chi connectivity index (χ0v) is 26.0. The van der Waals surface area contributed by atoms with Gasteiger partial charge in [0.2, 0.25) is 0 Å². The Kier molecular flexibility index (Phi) is 8.63. The van der Waals surface area contributed by atoms with Gasteiger partial charge in [-0.3, -0.25) is 18.8 Å². The number of carbonyl (C=O) groups is 1. The molecule has 0 aliphatic carbocycles. The molecule has 0 fully saturated rings. The topological polar surface area (TPSA) is 128 Å². The van der Waals surface area contributed by atoms with Gasteiger partial charge in [-0.1, -0.05) is 56.0 Å². The Hall–Kier alpha value is -5.73. The van der Waals surface area contributed by atoms with Gasteiger partial charge >= 0.3 is 0 Å². The molecule has 0 aliphatic rings. The number of nitrogens with zero attached hydrogens (tertiary/aromatic N) is 7. The predicted octanol–water partition coefficient (Wildman–Crippen LogP) is 4.04. The molecule has 4 heterocycles. The van der Waals surface area contributed by atoms with Gasteiger partial charge in [-0.25, -0.2) is 9.50 Å². The van der Waals surface area contributed by atoms with E-state index in [2.05, 4.69) is 51.1 Å². The molecule has 0 saturated carbocycles. The normalized spacial score (nSPS) is 11.9. The van der Waals surface area contributed by atoms with Crippen LogP contribution in [0, 0.1) is 11.8 Å². The van der Waals surface area contributed by atoms with Gasteiger partial charge in [0.15, 0.2) is 11.5 Å². The predicted molar refractivity (Wildman–Crippen MR) is 179 cm³/mol. The van der Waals surface area contributed by atoms with Gasteiger partial charge in [0.05, 0.1) is 29.7 Å². The third-order valence-electron chi connectivity index (χ3n) is 8.04. The molecule has 1 amide bonds. The molecule has 0 spiro atoms. The molecule has 0 aliphatic heterocycles. The van der Waals surface area contributed by atoms with Crippen molar-refractivity contribution in [1.29, 1.82) is 0 Å². The lowest BCUT2D eigenvalue weighted by molar-refractivity contribution is 0.0941. The fourth-order valence-corrected chi connectivity index (χ4v) is 5.59. The van der Waals surface area contributed by atoms with Crippen LogP contribution in [-0.4, -0.2) is 59.4 Å². The van der Waals surface area contributed by atoms with Gasteiger partial charge in [0.25, 0.3) is 11.5 Å². The quantitative estimate of drug-likeness (QED) is 0.236. The van der Waals surface area contributed by atoms with Crippen LogP contribution in [0.3, 0.4) is 0 Å². The summed E-state index contributed by atoms with van der Waals surface area (Å²) >= 11 is 0. The van der Waals surface area contributed by atoms with Crippen LogP contribution in [0.1, 0.15) is 54.0 Å². The van der Waals surface area contributed by atoms with Crippen molar-refractivity contribution in [3.8, 4) is 17.5 Å². The maximum absolute atomic E-state index is 14.4. The number of carbonyl (C=O) groups excluding carboxylic acids is 1. The lowest BCUT2D eigenvalue weighted by Crippen LogP contribution is -2.32. The molecular weight excluding hydrogens is 578 g/mol. The van der Waals surface area contributed by atoms with E-state index in [1.165, 1.54) is 4.52 Å². The van der Waals surface area contributed by atoms with Gasteiger partial charge in [-0.05, 0) is 55.7 Å². The van der Waals surface area contributed by atoms with Gasteiger partial charge in [0, 0.05) is 42.1 Å². The van der Waals surface area contributed by atoms with E-state index in [4.69, 9.17) is 5.73 Å². The molecule has 6 aromatic rings. The zero-order valence-electron chi connectivity index (χ0n) is 26.0. The number of hydrogen-bond acceptors (Lipinski definition) is 7. The summed E-state index contributed by atoms with van der Waals surface area (Å²) in [6, 6.07) is 18.0. The van der Waals surface area contributed by atoms with Crippen molar-refractivity contribution < 1.29 is 4.79 Å². The third kappa shape index (κ3) is 5.98. The molecule has 3 N–H and O–H groups in total. The van der Waals surface area contributed by atoms with Crippen molar-refractivity contribution in [2.75, 3.05) is 25.4 Å². The number of aromatic nitrogens is 6. The standard InChI is InChI=1S/C35H35N9O2/c1-4-41(5-2)19-20-42-23-25(22-38-42)15-16-26-11-9-12-27-21-29(44(35(46)30(26)27)28-13-7-6-8-14-28)24(3)39-34(45)31-32(36)40-43-18-10-17-37-33(31)43/h6-14,17-18,21-24H,4-5,19-20H2,1-3H3,(H2,36,40)(H,39,45). The number of fused-ring (bicyclic) bond motifs is 2. The monoisotopic (exact) mass is 613 g/mol. The smallest absolute Gasteiger partial charge is 0.264 e. The number of likely N-dealkylation sites (N-methyl/N-ethyl adjacent to an activating group) is 1. The zero-order chi connectivity index (χ0) is 32.2. The maximum Gasteiger partial charge on any atom is 0.264 e. The first-order valence-electron chi connectivity index (χ1n) is 15.3. The van der Waals surface area contributed by atoms with Crippen molar-refractivity contribution in [3.05, 3.63) is 118 Å². The second-order valence-electron chi connectivity index (χ2n) is 10.9. The van der Waals surface area contributed by atoms with E-state index in [1.807, 2.05) is 72.4 Å². The number of benzene rings is 2. The van der Waals surface area contributed by atoms with Gasteiger partial charge in [0.1, 0.15) is 5.56 Å². The number of hydrogen-bond donors (Lipinski definition) is 2. The summed E-state index contributed by atoms with van der Waals surface area (Å²) in [6.07, 6.45) is 6.93. The van der Waals surface area contributed by atoms with E-state index < -0.39 is 11.9 Å². The van der Waals surface area contributed by atoms with E-state index in [0.717, 1.165) is 31.7 Å². The maximum atomic E-state index is 14.4. The fraction of sp³-hybridized carbons (Fsp3) is 0.229. The number of nitrogens with one attached hydrogen (secondary N) is 1. The van der Waals surface area contributed by atoms with Crippen molar-refractivity contribution in [2.45, 2.75) is 33.4 Å². The number of pyridine rings is 1. The summed E-state index contributed by atoms with van der Waals surface area (Å²) in [6.45, 7) is 9.80. The molecule has 2 aromatic carbocycles. The van der Waals surface area contributed by atoms with Gasteiger partial charge in [-0.15, -0.1) is 5.10 Å². The Morgan fingerprint density at radius 1 is 1.07 bits per heavy atom. The third-order valence-corrected chi connectivity index (χ3v) is 8.04. The van der Waals surface area contributed by atoms with Crippen molar-refractivity contribution in [1.82, 2.24) is 39.2 Å². The average molecular weight is 614 g/mol. The van der Waals surface area contributed by atoms with E-state index in [0.29, 0.717) is 33.4 Å². The van der Waals surface area contributed by atoms with E-state index in [1.54, 1.807) is 29.2 Å². The summed E-state index contributed by atoms with van der Waals surface area (Å²) in [5.74, 6) is 6.04. The Labute approximate surface area is 266 Å². The highest BCUT2D eigenvalue weighted by atomic mass is 16.2. The van der Waals surface area contributed by atoms with Crippen LogP contribution in [0.15, 0.2) is 90.2 Å². The molecule has 4 aromatic heterocycles. The van der Waals surface area contributed by atoms with Crippen molar-refractivity contribution >= 4 is 28.1 Å². The molecule has 1 atom stereocenters. The average Bonchev–Trinajstić information content (AvgIpc) is 3.67.